The van der Waals surface area contributed by atoms with E-state index in [4.69, 9.17) is 4.42 Å². The second-order valence-electron chi connectivity index (χ2n) is 7.18. The summed E-state index contributed by atoms with van der Waals surface area (Å²) in [5, 5.41) is 5.35. The van der Waals surface area contributed by atoms with Crippen LogP contribution in [0.2, 0.25) is 0 Å². The zero-order valence-corrected chi connectivity index (χ0v) is 17.9. The van der Waals surface area contributed by atoms with Gasteiger partial charge in [-0.15, -0.1) is 0 Å². The maximum absolute atomic E-state index is 12.0. The minimum Gasteiger partial charge on any atom is -0.444 e. The van der Waals surface area contributed by atoms with Crippen molar-refractivity contribution in [3.63, 3.8) is 0 Å². The van der Waals surface area contributed by atoms with E-state index in [0.717, 1.165) is 25.1 Å². The Morgan fingerprint density at radius 3 is 2.50 bits per heavy atom. The second kappa shape index (κ2) is 9.17. The Bertz CT molecular complexity index is 1050. The van der Waals surface area contributed by atoms with Crippen LogP contribution < -0.4 is 15.5 Å². The predicted octanol–water partition coefficient (Wildman–Crippen LogP) is 3.65. The highest BCUT2D eigenvalue weighted by Crippen LogP contribution is 2.28. The molecular formula is C23H22BrN3O3. The quantitative estimate of drug-likeness (QED) is 0.555. The van der Waals surface area contributed by atoms with E-state index in [1.807, 2.05) is 12.1 Å². The molecule has 3 aromatic rings. The summed E-state index contributed by atoms with van der Waals surface area (Å²) in [5.74, 6) is -0.527. The van der Waals surface area contributed by atoms with Crippen LogP contribution in [0.25, 0.3) is 0 Å². The molecule has 154 valence electrons. The number of amides is 2. The van der Waals surface area contributed by atoms with Crippen LogP contribution in [0.15, 0.2) is 69.8 Å². The van der Waals surface area contributed by atoms with Gasteiger partial charge in [0.2, 0.25) is 5.91 Å². The number of para-hydroxylation sites is 1. The lowest BCUT2D eigenvalue weighted by atomic mass is 10.1. The Balaban J connectivity index is 1.23. The van der Waals surface area contributed by atoms with Crippen LogP contribution >= 0.6 is 15.9 Å². The van der Waals surface area contributed by atoms with Crippen molar-refractivity contribution in [2.75, 3.05) is 18.0 Å². The molecule has 0 saturated heterocycles. The SMILES string of the molecule is O=C(CNC(=O)c1ccc(Br)o1)NCc1ccc(CN2CCc3ccccc32)cc1. The van der Waals surface area contributed by atoms with Gasteiger partial charge in [0.1, 0.15) is 0 Å². The summed E-state index contributed by atoms with van der Waals surface area (Å²) in [6.45, 7) is 2.22. The van der Waals surface area contributed by atoms with Gasteiger partial charge < -0.3 is 20.0 Å². The van der Waals surface area contributed by atoms with E-state index in [1.165, 1.54) is 16.8 Å². The number of benzene rings is 2. The van der Waals surface area contributed by atoms with E-state index in [0.29, 0.717) is 11.2 Å². The Morgan fingerprint density at radius 1 is 0.967 bits per heavy atom. The summed E-state index contributed by atoms with van der Waals surface area (Å²) in [7, 11) is 0. The van der Waals surface area contributed by atoms with Gasteiger partial charge in [-0.2, -0.15) is 0 Å². The number of fused-ring (bicyclic) bond motifs is 1. The molecule has 4 rings (SSSR count). The molecule has 0 saturated carbocycles. The fourth-order valence-electron chi connectivity index (χ4n) is 3.50. The topological polar surface area (TPSA) is 74.6 Å². The zero-order chi connectivity index (χ0) is 20.9. The smallest absolute Gasteiger partial charge is 0.287 e. The molecule has 30 heavy (non-hydrogen) atoms. The van der Waals surface area contributed by atoms with E-state index in [2.05, 4.69) is 67.9 Å². The lowest BCUT2D eigenvalue weighted by Crippen LogP contribution is -2.36. The number of carbonyl (C=O) groups excluding carboxylic acids is 2. The molecule has 0 unspecified atom stereocenters. The van der Waals surface area contributed by atoms with E-state index < -0.39 is 5.91 Å². The molecular weight excluding hydrogens is 446 g/mol. The summed E-state index contributed by atoms with van der Waals surface area (Å²) in [6.07, 6.45) is 1.09. The minimum absolute atomic E-state index is 0.108. The van der Waals surface area contributed by atoms with E-state index in [1.54, 1.807) is 12.1 Å². The van der Waals surface area contributed by atoms with Crippen LogP contribution in [0.3, 0.4) is 0 Å². The summed E-state index contributed by atoms with van der Waals surface area (Å²) in [6, 6.07) is 19.9. The number of carbonyl (C=O) groups is 2. The second-order valence-corrected chi connectivity index (χ2v) is 7.96. The van der Waals surface area contributed by atoms with Gasteiger partial charge in [0.15, 0.2) is 10.4 Å². The summed E-state index contributed by atoms with van der Waals surface area (Å²) in [5.41, 5.74) is 4.97. The van der Waals surface area contributed by atoms with Crippen molar-refractivity contribution in [2.24, 2.45) is 0 Å². The zero-order valence-electron chi connectivity index (χ0n) is 16.4. The van der Waals surface area contributed by atoms with Crippen LogP contribution in [0.5, 0.6) is 0 Å². The highest BCUT2D eigenvalue weighted by molar-refractivity contribution is 9.10. The Hall–Kier alpha value is -3.06. The van der Waals surface area contributed by atoms with Gasteiger partial charge in [-0.05, 0) is 57.2 Å². The molecule has 0 aliphatic carbocycles. The van der Waals surface area contributed by atoms with Crippen molar-refractivity contribution in [3.05, 3.63) is 87.8 Å². The van der Waals surface area contributed by atoms with E-state index in [-0.39, 0.29) is 18.2 Å². The van der Waals surface area contributed by atoms with Crippen molar-refractivity contribution < 1.29 is 14.0 Å². The largest absolute Gasteiger partial charge is 0.444 e. The fourth-order valence-corrected chi connectivity index (χ4v) is 3.81. The van der Waals surface area contributed by atoms with Crippen molar-refractivity contribution in [1.82, 2.24) is 10.6 Å². The first-order chi connectivity index (χ1) is 14.6. The fraction of sp³-hybridized carbons (Fsp3) is 0.217. The molecule has 0 atom stereocenters. The molecule has 0 spiro atoms. The van der Waals surface area contributed by atoms with E-state index in [9.17, 15) is 9.59 Å². The molecule has 0 radical (unpaired) electrons. The first kappa shape index (κ1) is 20.2. The molecule has 2 heterocycles. The average molecular weight is 468 g/mol. The highest BCUT2D eigenvalue weighted by atomic mass is 79.9. The van der Waals surface area contributed by atoms with E-state index >= 15 is 0 Å². The number of halogens is 1. The molecule has 2 aromatic carbocycles. The van der Waals surface area contributed by atoms with Gasteiger partial charge in [-0.1, -0.05) is 42.5 Å². The van der Waals surface area contributed by atoms with Crippen LogP contribution in [0.1, 0.15) is 27.2 Å². The normalized spacial score (nSPS) is 12.5. The van der Waals surface area contributed by atoms with Crippen LogP contribution in [-0.4, -0.2) is 24.9 Å². The third-order valence-corrected chi connectivity index (χ3v) is 5.50. The average Bonchev–Trinajstić information content (AvgIpc) is 3.38. The first-order valence-corrected chi connectivity index (χ1v) is 10.6. The van der Waals surface area contributed by atoms with Gasteiger partial charge >= 0.3 is 0 Å². The van der Waals surface area contributed by atoms with Crippen molar-refractivity contribution in [3.8, 4) is 0 Å². The number of hydrogen-bond donors (Lipinski definition) is 2. The summed E-state index contributed by atoms with van der Waals surface area (Å²) >= 11 is 3.14. The van der Waals surface area contributed by atoms with Crippen LogP contribution in [0, 0.1) is 0 Å². The lowest BCUT2D eigenvalue weighted by Gasteiger charge is -2.19. The number of hydrogen-bond acceptors (Lipinski definition) is 4. The predicted molar refractivity (Wildman–Crippen MR) is 118 cm³/mol. The van der Waals surface area contributed by atoms with Crippen molar-refractivity contribution in [2.45, 2.75) is 19.5 Å². The van der Waals surface area contributed by atoms with Gasteiger partial charge in [-0.25, -0.2) is 0 Å². The summed E-state index contributed by atoms with van der Waals surface area (Å²) in [4.78, 5) is 26.3. The van der Waals surface area contributed by atoms with Crippen molar-refractivity contribution in [1.29, 1.82) is 0 Å². The van der Waals surface area contributed by atoms with Gasteiger partial charge in [0.05, 0.1) is 6.54 Å². The number of rotatable bonds is 7. The molecule has 2 N–H and O–H groups in total. The molecule has 1 aliphatic heterocycles. The number of nitrogens with one attached hydrogen (secondary N) is 2. The Kier molecular flexibility index (Phi) is 6.18. The maximum Gasteiger partial charge on any atom is 0.287 e. The highest BCUT2D eigenvalue weighted by Gasteiger charge is 2.18. The Morgan fingerprint density at radius 2 is 1.73 bits per heavy atom. The monoisotopic (exact) mass is 467 g/mol. The number of nitrogens with zero attached hydrogens (tertiary/aromatic N) is 1. The molecule has 0 fully saturated rings. The van der Waals surface area contributed by atoms with Gasteiger partial charge in [0.25, 0.3) is 5.91 Å². The molecule has 1 aliphatic rings. The van der Waals surface area contributed by atoms with Crippen molar-refractivity contribution >= 4 is 33.4 Å². The summed E-state index contributed by atoms with van der Waals surface area (Å²) < 4.78 is 5.62. The number of anilines is 1. The molecule has 2 amide bonds. The maximum atomic E-state index is 12.0. The molecule has 0 bridgehead atoms. The van der Waals surface area contributed by atoms with Gasteiger partial charge in [0, 0.05) is 25.3 Å². The molecule has 6 nitrogen and oxygen atoms in total. The third-order valence-electron chi connectivity index (χ3n) is 5.08. The standard InChI is InChI=1S/C23H22BrN3O3/c24-21-10-9-20(30-21)23(29)26-14-22(28)25-13-16-5-7-17(8-6-16)15-27-12-11-18-3-1-2-4-19(18)27/h1-10H,11-15H2,(H,25,28)(H,26,29). The molecule has 7 heteroatoms. The Labute approximate surface area is 183 Å². The minimum atomic E-state index is -0.427. The first-order valence-electron chi connectivity index (χ1n) is 9.79. The van der Waals surface area contributed by atoms with Crippen LogP contribution in [0.4, 0.5) is 5.69 Å². The van der Waals surface area contributed by atoms with Crippen LogP contribution in [-0.2, 0) is 24.3 Å². The lowest BCUT2D eigenvalue weighted by molar-refractivity contribution is -0.120. The number of furan rings is 1. The molecule has 1 aromatic heterocycles. The third kappa shape index (κ3) is 4.91. The van der Waals surface area contributed by atoms with Gasteiger partial charge in [-0.3, -0.25) is 9.59 Å².